The number of aromatic nitrogens is 4. The van der Waals surface area contributed by atoms with Crippen LogP contribution in [0.5, 0.6) is 0 Å². The fourth-order valence-corrected chi connectivity index (χ4v) is 3.28. The van der Waals surface area contributed by atoms with E-state index in [1.807, 2.05) is 35.1 Å². The van der Waals surface area contributed by atoms with Crippen LogP contribution in [0.25, 0.3) is 5.65 Å². The van der Waals surface area contributed by atoms with Crippen LogP contribution in [0.2, 0.25) is 0 Å². The highest BCUT2D eigenvalue weighted by Crippen LogP contribution is 2.15. The lowest BCUT2D eigenvalue weighted by Crippen LogP contribution is -2.31. The van der Waals surface area contributed by atoms with Gasteiger partial charge in [0.05, 0.1) is 0 Å². The summed E-state index contributed by atoms with van der Waals surface area (Å²) >= 11 is 0. The molecule has 0 atom stereocenters. The molecule has 7 heteroatoms. The van der Waals surface area contributed by atoms with Gasteiger partial charge < -0.3 is 9.47 Å². The number of rotatable bonds is 3. The Kier molecular flexibility index (Phi) is 4.23. The molecule has 0 unspecified atom stereocenters. The highest BCUT2D eigenvalue weighted by atomic mass is 16.1. The lowest BCUT2D eigenvalue weighted by Gasteiger charge is -2.22. The number of fused-ring (bicyclic) bond motifs is 1. The van der Waals surface area contributed by atoms with E-state index in [1.54, 1.807) is 23.9 Å². The van der Waals surface area contributed by atoms with Crippen LogP contribution in [0.1, 0.15) is 12.0 Å². The number of imidazole rings is 1. The second-order valence-corrected chi connectivity index (χ2v) is 6.52. The average Bonchev–Trinajstić information content (AvgIpc) is 2.96. The first-order valence-electron chi connectivity index (χ1n) is 8.62. The molecule has 25 heavy (non-hydrogen) atoms. The number of hydrogen-bond donors (Lipinski definition) is 0. The summed E-state index contributed by atoms with van der Waals surface area (Å²) in [5.41, 5.74) is 1.99. The summed E-state index contributed by atoms with van der Waals surface area (Å²) in [7, 11) is 1.78. The van der Waals surface area contributed by atoms with Crippen LogP contribution >= 0.6 is 0 Å². The van der Waals surface area contributed by atoms with E-state index >= 15 is 0 Å². The summed E-state index contributed by atoms with van der Waals surface area (Å²) in [6.07, 6.45) is 6.56. The molecule has 0 radical (unpaired) electrons. The molecule has 0 aromatic carbocycles. The molecule has 7 nitrogen and oxygen atoms in total. The van der Waals surface area contributed by atoms with E-state index in [1.165, 1.54) is 0 Å². The number of pyridine rings is 1. The topological polar surface area (TPSA) is 58.7 Å². The molecule has 1 aliphatic rings. The third kappa shape index (κ3) is 3.41. The molecule has 1 aliphatic heterocycles. The van der Waals surface area contributed by atoms with E-state index in [2.05, 4.69) is 19.9 Å². The summed E-state index contributed by atoms with van der Waals surface area (Å²) in [5.74, 6) is 0.987. The van der Waals surface area contributed by atoms with Crippen molar-refractivity contribution in [3.05, 3.63) is 58.8 Å². The zero-order valence-corrected chi connectivity index (χ0v) is 14.4. The predicted octanol–water partition coefficient (Wildman–Crippen LogP) is 1.14. The summed E-state index contributed by atoms with van der Waals surface area (Å²) in [4.78, 5) is 20.8. The Morgan fingerprint density at radius 2 is 2.00 bits per heavy atom. The first-order chi connectivity index (χ1) is 12.2. The van der Waals surface area contributed by atoms with Gasteiger partial charge in [-0.2, -0.15) is 0 Å². The quantitative estimate of drug-likeness (QED) is 0.717. The highest BCUT2D eigenvalue weighted by molar-refractivity contribution is 5.45. The molecule has 0 amide bonds. The molecule has 0 aliphatic carbocycles. The number of anilines is 1. The first kappa shape index (κ1) is 15.8. The Balaban J connectivity index is 1.44. The van der Waals surface area contributed by atoms with Gasteiger partial charge in [0.25, 0.3) is 5.56 Å². The zero-order valence-electron chi connectivity index (χ0n) is 14.4. The van der Waals surface area contributed by atoms with Gasteiger partial charge in [-0.15, -0.1) is 5.10 Å². The van der Waals surface area contributed by atoms with Crippen LogP contribution in [0, 0.1) is 0 Å². The monoisotopic (exact) mass is 338 g/mol. The Labute approximate surface area is 146 Å². The van der Waals surface area contributed by atoms with Crippen LogP contribution in [-0.4, -0.2) is 50.2 Å². The second-order valence-electron chi connectivity index (χ2n) is 6.52. The van der Waals surface area contributed by atoms with Crippen molar-refractivity contribution in [1.82, 2.24) is 24.1 Å². The normalized spacial score (nSPS) is 16.3. The van der Waals surface area contributed by atoms with Gasteiger partial charge in [-0.25, -0.2) is 9.50 Å². The summed E-state index contributed by atoms with van der Waals surface area (Å²) < 4.78 is 3.42. The lowest BCUT2D eigenvalue weighted by atomic mass is 10.2. The van der Waals surface area contributed by atoms with Crippen LogP contribution in [0.3, 0.4) is 0 Å². The minimum Gasteiger partial charge on any atom is -0.354 e. The Morgan fingerprint density at radius 1 is 1.08 bits per heavy atom. The molecule has 4 rings (SSSR count). The predicted molar refractivity (Wildman–Crippen MR) is 96.8 cm³/mol. The van der Waals surface area contributed by atoms with E-state index in [0.717, 1.165) is 56.2 Å². The van der Waals surface area contributed by atoms with E-state index in [4.69, 9.17) is 0 Å². The highest BCUT2D eigenvalue weighted by Gasteiger charge is 2.17. The maximum Gasteiger partial charge on any atom is 0.250 e. The molecule has 0 spiro atoms. The minimum absolute atomic E-state index is 0.0479. The molecule has 3 aromatic heterocycles. The van der Waals surface area contributed by atoms with E-state index < -0.39 is 0 Å². The summed E-state index contributed by atoms with van der Waals surface area (Å²) in [6.45, 7) is 4.72. The van der Waals surface area contributed by atoms with Crippen molar-refractivity contribution in [2.24, 2.45) is 7.05 Å². The third-order valence-corrected chi connectivity index (χ3v) is 4.73. The van der Waals surface area contributed by atoms with Crippen molar-refractivity contribution < 1.29 is 0 Å². The molecule has 1 saturated heterocycles. The standard InChI is InChI=1S/C18H22N6O/c1-21-9-5-15(13-18(21)25)14-22-7-2-8-23(12-11-22)17-4-3-16-19-6-10-24(16)20-17/h3-6,9-10,13H,2,7-8,11-12,14H2,1H3. The SMILES string of the molecule is Cn1ccc(CN2CCCN(c3ccc4nccn4n3)CC2)cc1=O. The van der Waals surface area contributed by atoms with Crippen LogP contribution in [0.15, 0.2) is 47.7 Å². The summed E-state index contributed by atoms with van der Waals surface area (Å²) in [5, 5.41) is 4.65. The molecule has 1 fully saturated rings. The van der Waals surface area contributed by atoms with Gasteiger partial charge in [0.1, 0.15) is 5.82 Å². The van der Waals surface area contributed by atoms with E-state index in [9.17, 15) is 4.79 Å². The van der Waals surface area contributed by atoms with Crippen molar-refractivity contribution in [3.63, 3.8) is 0 Å². The number of nitrogens with zero attached hydrogens (tertiary/aromatic N) is 6. The maximum atomic E-state index is 11.8. The van der Waals surface area contributed by atoms with Gasteiger partial charge in [-0.05, 0) is 30.2 Å². The Hall–Kier alpha value is -2.67. The molecule has 0 bridgehead atoms. The van der Waals surface area contributed by atoms with Crippen molar-refractivity contribution in [1.29, 1.82) is 0 Å². The van der Waals surface area contributed by atoms with Gasteiger partial charge in [0.2, 0.25) is 0 Å². The zero-order chi connectivity index (χ0) is 17.2. The average molecular weight is 338 g/mol. The Morgan fingerprint density at radius 3 is 2.88 bits per heavy atom. The second kappa shape index (κ2) is 6.68. The van der Waals surface area contributed by atoms with Gasteiger partial charge in [0.15, 0.2) is 5.65 Å². The smallest absolute Gasteiger partial charge is 0.250 e. The third-order valence-electron chi connectivity index (χ3n) is 4.73. The largest absolute Gasteiger partial charge is 0.354 e. The van der Waals surface area contributed by atoms with Crippen molar-refractivity contribution in [2.75, 3.05) is 31.1 Å². The molecular formula is C18H22N6O. The lowest BCUT2D eigenvalue weighted by molar-refractivity contribution is 0.285. The minimum atomic E-state index is 0.0479. The van der Waals surface area contributed by atoms with Gasteiger partial charge in [0, 0.05) is 64.4 Å². The number of aryl methyl sites for hydroxylation is 1. The molecule has 0 N–H and O–H groups in total. The fourth-order valence-electron chi connectivity index (χ4n) is 3.28. The molecule has 4 heterocycles. The van der Waals surface area contributed by atoms with Crippen LogP contribution in [0.4, 0.5) is 5.82 Å². The van der Waals surface area contributed by atoms with Crippen molar-refractivity contribution in [2.45, 2.75) is 13.0 Å². The van der Waals surface area contributed by atoms with E-state index in [-0.39, 0.29) is 5.56 Å². The van der Waals surface area contributed by atoms with Crippen LogP contribution < -0.4 is 10.5 Å². The maximum absolute atomic E-state index is 11.8. The first-order valence-corrected chi connectivity index (χ1v) is 8.62. The Bertz CT molecular complexity index is 930. The fraction of sp³-hybridized carbons (Fsp3) is 0.389. The molecule has 130 valence electrons. The van der Waals surface area contributed by atoms with Gasteiger partial charge in [-0.3, -0.25) is 9.69 Å². The van der Waals surface area contributed by atoms with Gasteiger partial charge >= 0.3 is 0 Å². The molecular weight excluding hydrogens is 316 g/mol. The molecule has 3 aromatic rings. The summed E-state index contributed by atoms with van der Waals surface area (Å²) in [6, 6.07) is 7.80. The van der Waals surface area contributed by atoms with Crippen molar-refractivity contribution >= 4 is 11.5 Å². The van der Waals surface area contributed by atoms with Gasteiger partial charge in [-0.1, -0.05) is 0 Å². The molecule has 0 saturated carbocycles. The van der Waals surface area contributed by atoms with Crippen LogP contribution in [-0.2, 0) is 13.6 Å². The van der Waals surface area contributed by atoms with Crippen molar-refractivity contribution in [3.8, 4) is 0 Å². The number of hydrogen-bond acceptors (Lipinski definition) is 5. The van der Waals surface area contributed by atoms with E-state index in [0.29, 0.717) is 0 Å².